The fourth-order valence-corrected chi connectivity index (χ4v) is 2.65. The Hall–Kier alpha value is -3.81. The number of amides is 2. The molecule has 2 amide bonds. The molecular formula is C18H20N4O7. The topological polar surface area (TPSA) is 157 Å². The zero-order valence-corrected chi connectivity index (χ0v) is 15.9. The minimum atomic E-state index is -0.893. The lowest BCUT2D eigenvalue weighted by Gasteiger charge is -2.31. The first-order valence-corrected chi connectivity index (χ1v) is 8.63. The highest BCUT2D eigenvalue weighted by Gasteiger charge is 2.26. The lowest BCUT2D eigenvalue weighted by Crippen LogP contribution is -2.43. The molecule has 0 aromatic heterocycles. The number of likely N-dealkylation sites (N-methyl/N-ethyl adjacent to an activating group) is 1. The van der Waals surface area contributed by atoms with Crippen LogP contribution in [0.5, 0.6) is 11.5 Å². The van der Waals surface area contributed by atoms with E-state index in [2.05, 4.69) is 0 Å². The SMILES string of the molecule is COc1cc(/C(O)=C(\C#N)C(=O)N(C)CCC(=O)N2CCC2)cc([N+](=O)[O-])c1O. The third-order valence-corrected chi connectivity index (χ3v) is 4.52. The summed E-state index contributed by atoms with van der Waals surface area (Å²) < 4.78 is 4.84. The largest absolute Gasteiger partial charge is 0.506 e. The highest BCUT2D eigenvalue weighted by molar-refractivity contribution is 6.03. The molecule has 154 valence electrons. The number of nitriles is 1. The maximum Gasteiger partial charge on any atom is 0.315 e. The van der Waals surface area contributed by atoms with E-state index in [1.165, 1.54) is 7.05 Å². The number of phenolic OH excluding ortho intramolecular Hbond substituents is 1. The molecule has 0 aliphatic carbocycles. The Morgan fingerprint density at radius 1 is 1.41 bits per heavy atom. The fourth-order valence-electron chi connectivity index (χ4n) is 2.65. The molecule has 1 saturated heterocycles. The number of nitrogens with zero attached hydrogens (tertiary/aromatic N) is 4. The minimum absolute atomic E-state index is 0.0334. The molecule has 1 aliphatic rings. The van der Waals surface area contributed by atoms with E-state index in [9.17, 15) is 35.2 Å². The molecule has 1 heterocycles. The molecule has 0 spiro atoms. The molecule has 29 heavy (non-hydrogen) atoms. The Bertz CT molecular complexity index is 916. The molecule has 0 radical (unpaired) electrons. The molecular weight excluding hydrogens is 384 g/mol. The second kappa shape index (κ2) is 8.92. The number of likely N-dealkylation sites (tertiary alicyclic amines) is 1. The van der Waals surface area contributed by atoms with Crippen molar-refractivity contribution in [1.29, 1.82) is 5.26 Å². The molecule has 11 nitrogen and oxygen atoms in total. The molecule has 1 aromatic rings. The highest BCUT2D eigenvalue weighted by atomic mass is 16.6. The molecule has 1 aliphatic heterocycles. The smallest absolute Gasteiger partial charge is 0.315 e. The molecule has 1 aromatic carbocycles. The highest BCUT2D eigenvalue weighted by Crippen LogP contribution is 2.38. The average Bonchev–Trinajstić information content (AvgIpc) is 2.64. The number of aromatic hydroxyl groups is 1. The third-order valence-electron chi connectivity index (χ3n) is 4.52. The van der Waals surface area contributed by atoms with E-state index in [-0.39, 0.29) is 30.2 Å². The van der Waals surface area contributed by atoms with E-state index in [4.69, 9.17) is 4.74 Å². The summed E-state index contributed by atoms with van der Waals surface area (Å²) in [5.41, 5.74) is -1.67. The second-order valence-electron chi connectivity index (χ2n) is 6.35. The molecule has 2 N–H and O–H groups in total. The monoisotopic (exact) mass is 404 g/mol. The normalized spacial score (nSPS) is 13.6. The first kappa shape index (κ1) is 21.5. The van der Waals surface area contributed by atoms with Gasteiger partial charge in [0.2, 0.25) is 11.7 Å². The number of carbonyl (C=O) groups is 2. The van der Waals surface area contributed by atoms with Gasteiger partial charge >= 0.3 is 5.69 Å². The first-order chi connectivity index (χ1) is 13.7. The van der Waals surface area contributed by atoms with Crippen LogP contribution in [0.1, 0.15) is 18.4 Å². The van der Waals surface area contributed by atoms with Crippen LogP contribution in [-0.4, -0.2) is 70.5 Å². The van der Waals surface area contributed by atoms with Crippen LogP contribution in [0, 0.1) is 21.4 Å². The molecule has 0 unspecified atom stereocenters. The van der Waals surface area contributed by atoms with E-state index >= 15 is 0 Å². The quantitative estimate of drug-likeness (QED) is 0.225. The van der Waals surface area contributed by atoms with Crippen molar-refractivity contribution in [3.63, 3.8) is 0 Å². The van der Waals surface area contributed by atoms with Gasteiger partial charge in [-0.05, 0) is 12.5 Å². The predicted octanol–water partition coefficient (Wildman–Crippen LogP) is 1.18. The summed E-state index contributed by atoms with van der Waals surface area (Å²) in [5.74, 6) is -2.82. The number of methoxy groups -OCH3 is 1. The molecule has 2 rings (SSSR count). The second-order valence-corrected chi connectivity index (χ2v) is 6.35. The van der Waals surface area contributed by atoms with Gasteiger partial charge in [-0.2, -0.15) is 5.26 Å². The molecule has 1 fully saturated rings. The first-order valence-electron chi connectivity index (χ1n) is 8.63. The number of nitro benzene ring substituents is 1. The van der Waals surface area contributed by atoms with Crippen molar-refractivity contribution in [2.75, 3.05) is 33.8 Å². The number of carbonyl (C=O) groups excluding carboxylic acids is 2. The van der Waals surface area contributed by atoms with Crippen molar-refractivity contribution in [2.24, 2.45) is 0 Å². The molecule has 11 heteroatoms. The van der Waals surface area contributed by atoms with Crippen molar-refractivity contribution in [1.82, 2.24) is 9.80 Å². The number of hydrogen-bond acceptors (Lipinski definition) is 8. The fraction of sp³-hybridized carbons (Fsp3) is 0.389. The summed E-state index contributed by atoms with van der Waals surface area (Å²) in [6.07, 6.45) is 1.01. The van der Waals surface area contributed by atoms with E-state index in [0.717, 1.165) is 30.6 Å². The summed E-state index contributed by atoms with van der Waals surface area (Å²) in [5, 5.41) is 40.7. The van der Waals surface area contributed by atoms with E-state index < -0.39 is 33.6 Å². The Morgan fingerprint density at radius 3 is 2.55 bits per heavy atom. The van der Waals surface area contributed by atoms with Crippen LogP contribution in [0.4, 0.5) is 5.69 Å². The number of aliphatic hydroxyl groups excluding tert-OH is 1. The van der Waals surface area contributed by atoms with Crippen LogP contribution in [0.3, 0.4) is 0 Å². The summed E-state index contributed by atoms with van der Waals surface area (Å²) in [7, 11) is 2.53. The van der Waals surface area contributed by atoms with Gasteiger partial charge in [0.05, 0.1) is 12.0 Å². The third kappa shape index (κ3) is 4.55. The van der Waals surface area contributed by atoms with Gasteiger partial charge in [0.15, 0.2) is 11.3 Å². The van der Waals surface area contributed by atoms with Crippen molar-refractivity contribution in [3.8, 4) is 17.6 Å². The van der Waals surface area contributed by atoms with Crippen LogP contribution in [0.25, 0.3) is 5.76 Å². The van der Waals surface area contributed by atoms with Gasteiger partial charge in [-0.15, -0.1) is 0 Å². The number of ether oxygens (including phenoxy) is 1. The van der Waals surface area contributed by atoms with Gasteiger partial charge in [0, 0.05) is 44.7 Å². The zero-order valence-electron chi connectivity index (χ0n) is 15.9. The lowest BCUT2D eigenvalue weighted by molar-refractivity contribution is -0.386. The summed E-state index contributed by atoms with van der Waals surface area (Å²) in [6, 6.07) is 3.47. The van der Waals surface area contributed by atoms with Gasteiger partial charge < -0.3 is 24.7 Å². The summed E-state index contributed by atoms with van der Waals surface area (Å²) in [6.45, 7) is 1.40. The summed E-state index contributed by atoms with van der Waals surface area (Å²) >= 11 is 0. The van der Waals surface area contributed by atoms with Crippen LogP contribution < -0.4 is 4.74 Å². The van der Waals surface area contributed by atoms with E-state index in [1.807, 2.05) is 0 Å². The van der Waals surface area contributed by atoms with Gasteiger partial charge in [0.25, 0.3) is 5.91 Å². The number of aliphatic hydroxyl groups is 1. The lowest BCUT2D eigenvalue weighted by atomic mass is 10.1. The summed E-state index contributed by atoms with van der Waals surface area (Å²) in [4.78, 5) is 37.4. The van der Waals surface area contributed by atoms with Gasteiger partial charge in [-0.1, -0.05) is 0 Å². The van der Waals surface area contributed by atoms with Crippen LogP contribution in [0.2, 0.25) is 0 Å². The Kier molecular flexibility index (Phi) is 6.61. The number of phenols is 1. The van der Waals surface area contributed by atoms with Gasteiger partial charge in [-0.25, -0.2) is 0 Å². The zero-order chi connectivity index (χ0) is 21.7. The van der Waals surface area contributed by atoms with Crippen molar-refractivity contribution >= 4 is 23.3 Å². The van der Waals surface area contributed by atoms with Crippen LogP contribution in [0.15, 0.2) is 17.7 Å². The number of rotatable bonds is 7. The Balaban J connectivity index is 2.29. The van der Waals surface area contributed by atoms with Gasteiger partial charge in [-0.3, -0.25) is 19.7 Å². The standard InChI is InChI=1S/C18H20N4O7/c1-20(7-4-15(23)21-5-3-6-21)18(26)12(10-19)16(24)11-8-13(22(27)28)17(25)14(9-11)29-2/h8-9,24-25H,3-7H2,1-2H3/b16-12-. The van der Waals surface area contributed by atoms with Crippen LogP contribution in [-0.2, 0) is 9.59 Å². The van der Waals surface area contributed by atoms with Crippen LogP contribution >= 0.6 is 0 Å². The van der Waals surface area contributed by atoms with Gasteiger partial charge in [0.1, 0.15) is 11.8 Å². The van der Waals surface area contributed by atoms with Crippen molar-refractivity contribution in [2.45, 2.75) is 12.8 Å². The molecule has 0 saturated carbocycles. The molecule has 0 bridgehead atoms. The van der Waals surface area contributed by atoms with Crippen molar-refractivity contribution in [3.05, 3.63) is 33.4 Å². The number of benzene rings is 1. The maximum atomic E-state index is 12.5. The van der Waals surface area contributed by atoms with E-state index in [1.54, 1.807) is 11.0 Å². The average molecular weight is 404 g/mol. The van der Waals surface area contributed by atoms with Crippen molar-refractivity contribution < 1.29 is 29.5 Å². The Morgan fingerprint density at radius 2 is 2.07 bits per heavy atom. The number of nitro groups is 1. The number of hydrogen-bond donors (Lipinski definition) is 2. The van der Waals surface area contributed by atoms with E-state index in [0.29, 0.717) is 13.1 Å². The minimum Gasteiger partial charge on any atom is -0.506 e. The maximum absolute atomic E-state index is 12.5. The Labute approximate surface area is 166 Å². The molecule has 0 atom stereocenters. The predicted molar refractivity (Wildman–Crippen MR) is 99.9 cm³/mol.